The number of allylic oxidation sites excluding steroid dienone is 2. The molecule has 3 heterocycles. The molecule has 4 aliphatic rings. The summed E-state index contributed by atoms with van der Waals surface area (Å²) >= 11 is 14.1. The van der Waals surface area contributed by atoms with Gasteiger partial charge in [-0.15, -0.1) is 11.3 Å². The van der Waals surface area contributed by atoms with Crippen LogP contribution >= 0.6 is 34.5 Å². The van der Waals surface area contributed by atoms with Gasteiger partial charge in [0.2, 0.25) is 11.8 Å². The maximum Gasteiger partial charge on any atom is 0.260 e. The van der Waals surface area contributed by atoms with Crippen LogP contribution in [0.3, 0.4) is 0 Å². The summed E-state index contributed by atoms with van der Waals surface area (Å²) in [5.74, 6) is -6.83. The third-order valence-corrected chi connectivity index (χ3v) is 12.3. The van der Waals surface area contributed by atoms with Gasteiger partial charge in [-0.25, -0.2) is 4.39 Å². The fourth-order valence-electron chi connectivity index (χ4n) is 8.70. The topological polar surface area (TPSA) is 116 Å². The predicted octanol–water partition coefficient (Wildman–Crippen LogP) is 7.09. The van der Waals surface area contributed by atoms with E-state index in [-0.39, 0.29) is 41.9 Å². The zero-order valence-electron chi connectivity index (χ0n) is 27.0. The number of anilines is 1. The summed E-state index contributed by atoms with van der Waals surface area (Å²) in [5.41, 5.74) is 3.03. The van der Waals surface area contributed by atoms with Crippen LogP contribution in [0.25, 0.3) is 0 Å². The molecule has 2 N–H and O–H groups in total. The van der Waals surface area contributed by atoms with Gasteiger partial charge in [-0.05, 0) is 83.8 Å². The van der Waals surface area contributed by atoms with Gasteiger partial charge >= 0.3 is 0 Å². The maximum absolute atomic E-state index is 15.3. The quantitative estimate of drug-likeness (QED) is 0.153. The highest BCUT2D eigenvalue weighted by Gasteiger charge is 2.70. The number of nitrogens with one attached hydrogen (secondary N) is 1. The monoisotopic (exact) mass is 745 g/mol. The number of hydrazine groups is 1. The van der Waals surface area contributed by atoms with E-state index < -0.39 is 58.4 Å². The maximum atomic E-state index is 15.3. The van der Waals surface area contributed by atoms with Gasteiger partial charge in [0.05, 0.1) is 47.5 Å². The van der Waals surface area contributed by atoms with E-state index in [0.717, 1.165) is 9.89 Å². The number of phenolic OH excluding ortho intramolecular Hbond substituents is 1. The van der Waals surface area contributed by atoms with Crippen LogP contribution in [0.4, 0.5) is 10.1 Å². The van der Waals surface area contributed by atoms with Crippen molar-refractivity contribution in [2.24, 2.45) is 23.7 Å². The number of hydrogen-bond acceptors (Lipinski definition) is 8. The molecule has 2 aliphatic heterocycles. The number of fused-ring (bicyclic) bond motifs is 4. The van der Waals surface area contributed by atoms with Crippen LogP contribution in [-0.4, -0.2) is 45.8 Å². The molecule has 13 heteroatoms. The normalized spacial score (nSPS) is 26.9. The molecule has 4 amide bonds. The zero-order valence-corrected chi connectivity index (χ0v) is 29.3. The van der Waals surface area contributed by atoms with Crippen molar-refractivity contribution in [2.75, 3.05) is 12.5 Å². The summed E-state index contributed by atoms with van der Waals surface area (Å²) in [7, 11) is 1.51. The number of amides is 4. The SMILES string of the molecule is COc1ccc(C23C(=O)N(Nc4ccc(Cl)cc4Cl)C(=O)C2CC2C(=CCC4C(=O)N(Cc5cccs5)C(=O)C42)C3c2ccc(O)c(F)c2)cc1. The number of aromatic hydroxyl groups is 1. The third kappa shape index (κ3) is 5.08. The van der Waals surface area contributed by atoms with E-state index in [1.807, 2.05) is 23.6 Å². The van der Waals surface area contributed by atoms with Crippen LogP contribution in [-0.2, 0) is 31.1 Å². The first-order valence-corrected chi connectivity index (χ1v) is 18.0. The number of carbonyl (C=O) groups excluding carboxylic acids is 4. The summed E-state index contributed by atoms with van der Waals surface area (Å²) in [6.07, 6.45) is 2.19. The number of imide groups is 2. The standard InChI is InChI=1S/C38H30Cl2FN3O6S/c1-50-22-8-5-20(6-9-22)38-27(35(47)44(37(38)49)42-30-12-7-21(39)16-28(30)40)17-26-24(33(38)19-4-13-31(45)29(41)15-19)10-11-25-32(26)36(48)43(34(25)46)18-23-3-2-14-51-23/h2-10,12-16,25-27,32-33,42,45H,11,17-18H2,1H3. The van der Waals surface area contributed by atoms with Crippen molar-refractivity contribution in [3.8, 4) is 11.5 Å². The summed E-state index contributed by atoms with van der Waals surface area (Å²) in [6, 6.07) is 19.1. The van der Waals surface area contributed by atoms with Crippen LogP contribution < -0.4 is 10.2 Å². The van der Waals surface area contributed by atoms with Crippen molar-refractivity contribution < 1.29 is 33.4 Å². The van der Waals surface area contributed by atoms with Crippen LogP contribution in [0.1, 0.15) is 34.8 Å². The average molecular weight is 747 g/mol. The van der Waals surface area contributed by atoms with Crippen LogP contribution in [0.15, 0.2) is 89.8 Å². The molecule has 1 saturated carbocycles. The second-order valence-electron chi connectivity index (χ2n) is 13.3. The highest BCUT2D eigenvalue weighted by molar-refractivity contribution is 7.09. The smallest absolute Gasteiger partial charge is 0.260 e. The Hall–Kier alpha value is -4.71. The highest BCUT2D eigenvalue weighted by Crippen LogP contribution is 2.64. The molecule has 260 valence electrons. The van der Waals surface area contributed by atoms with Gasteiger partial charge in [-0.3, -0.25) is 29.5 Å². The van der Waals surface area contributed by atoms with Gasteiger partial charge in [0.25, 0.3) is 11.8 Å². The molecule has 8 rings (SSSR count). The lowest BCUT2D eigenvalue weighted by molar-refractivity contribution is -0.141. The fraction of sp³-hybridized carbons (Fsp3) is 0.263. The Balaban J connectivity index is 1.32. The Labute approximate surface area is 306 Å². The minimum Gasteiger partial charge on any atom is -0.505 e. The second kappa shape index (κ2) is 12.5. The number of thiophene rings is 1. The van der Waals surface area contributed by atoms with Crippen molar-refractivity contribution in [3.05, 3.63) is 122 Å². The first-order chi connectivity index (χ1) is 24.5. The molecule has 51 heavy (non-hydrogen) atoms. The molecule has 0 spiro atoms. The van der Waals surface area contributed by atoms with Crippen molar-refractivity contribution in [1.82, 2.24) is 9.91 Å². The largest absolute Gasteiger partial charge is 0.505 e. The van der Waals surface area contributed by atoms with Crippen molar-refractivity contribution in [2.45, 2.75) is 30.7 Å². The number of carbonyl (C=O) groups is 4. The van der Waals surface area contributed by atoms with Crippen molar-refractivity contribution >= 4 is 63.9 Å². The van der Waals surface area contributed by atoms with Gasteiger partial charge < -0.3 is 9.84 Å². The second-order valence-corrected chi connectivity index (χ2v) is 15.1. The van der Waals surface area contributed by atoms with Crippen LogP contribution in [0.2, 0.25) is 10.0 Å². The van der Waals surface area contributed by atoms with E-state index >= 15 is 9.18 Å². The van der Waals surface area contributed by atoms with Gasteiger partial charge in [0.15, 0.2) is 11.6 Å². The minimum atomic E-state index is -1.64. The lowest BCUT2D eigenvalue weighted by Crippen LogP contribution is -2.53. The number of benzene rings is 3. The number of nitrogens with zero attached hydrogens (tertiary/aromatic N) is 2. The highest BCUT2D eigenvalue weighted by atomic mass is 35.5. The molecular formula is C38H30Cl2FN3O6S. The van der Waals surface area contributed by atoms with Crippen LogP contribution in [0.5, 0.6) is 11.5 Å². The number of likely N-dealkylation sites (tertiary alicyclic amines) is 1. The van der Waals surface area contributed by atoms with Crippen molar-refractivity contribution in [3.63, 3.8) is 0 Å². The summed E-state index contributed by atoms with van der Waals surface area (Å²) < 4.78 is 20.7. The first kappa shape index (κ1) is 33.4. The van der Waals surface area contributed by atoms with E-state index in [1.165, 1.54) is 47.6 Å². The fourth-order valence-corrected chi connectivity index (χ4v) is 9.84. The molecule has 1 aromatic heterocycles. The van der Waals surface area contributed by atoms with E-state index in [9.17, 15) is 19.5 Å². The van der Waals surface area contributed by atoms with Gasteiger partial charge in [0, 0.05) is 15.8 Å². The summed E-state index contributed by atoms with van der Waals surface area (Å²) in [5, 5.41) is 13.6. The van der Waals surface area contributed by atoms with Gasteiger partial charge in [-0.1, -0.05) is 59.1 Å². The molecule has 2 aliphatic carbocycles. The number of hydrogen-bond donors (Lipinski definition) is 2. The Morgan fingerprint density at radius 2 is 1.76 bits per heavy atom. The number of methoxy groups -OCH3 is 1. The molecule has 9 nitrogen and oxygen atoms in total. The minimum absolute atomic E-state index is 0.0685. The first-order valence-electron chi connectivity index (χ1n) is 16.3. The number of ether oxygens (including phenoxy) is 1. The Bertz CT molecular complexity index is 2140. The molecule has 6 unspecified atom stereocenters. The molecule has 3 aromatic carbocycles. The molecule has 2 saturated heterocycles. The predicted molar refractivity (Wildman–Crippen MR) is 189 cm³/mol. The van der Waals surface area contributed by atoms with E-state index in [0.29, 0.717) is 27.5 Å². The third-order valence-electron chi connectivity index (χ3n) is 10.9. The molecule has 0 radical (unpaired) electrons. The lowest BCUT2D eigenvalue weighted by atomic mass is 9.49. The summed E-state index contributed by atoms with van der Waals surface area (Å²) in [4.78, 5) is 60.3. The number of rotatable bonds is 7. The number of phenols is 1. The summed E-state index contributed by atoms with van der Waals surface area (Å²) in [6.45, 7) is 0.146. The van der Waals surface area contributed by atoms with E-state index in [2.05, 4.69) is 5.43 Å². The Morgan fingerprint density at radius 1 is 0.980 bits per heavy atom. The number of halogens is 3. The van der Waals surface area contributed by atoms with Gasteiger partial charge in [-0.2, -0.15) is 5.01 Å². The average Bonchev–Trinajstić information content (AvgIpc) is 3.79. The lowest BCUT2D eigenvalue weighted by Gasteiger charge is -2.50. The van der Waals surface area contributed by atoms with E-state index in [4.69, 9.17) is 27.9 Å². The van der Waals surface area contributed by atoms with Crippen LogP contribution in [0, 0.1) is 29.5 Å². The Morgan fingerprint density at radius 3 is 2.45 bits per heavy atom. The molecule has 3 fully saturated rings. The molecule has 4 aromatic rings. The molecule has 0 bridgehead atoms. The molecule has 6 atom stereocenters. The van der Waals surface area contributed by atoms with Gasteiger partial charge in [0.1, 0.15) is 5.75 Å². The zero-order chi connectivity index (χ0) is 35.8. The molecular weight excluding hydrogens is 716 g/mol. The Kier molecular flexibility index (Phi) is 8.20. The van der Waals surface area contributed by atoms with Crippen molar-refractivity contribution in [1.29, 1.82) is 0 Å². The van der Waals surface area contributed by atoms with E-state index in [1.54, 1.807) is 36.4 Å².